The van der Waals surface area contributed by atoms with E-state index in [1.807, 2.05) is 0 Å². The summed E-state index contributed by atoms with van der Waals surface area (Å²) in [5.74, 6) is 1.55. The van der Waals surface area contributed by atoms with Gasteiger partial charge in [0.15, 0.2) is 0 Å². The molecular formula is C12H21N3O. The van der Waals surface area contributed by atoms with E-state index >= 15 is 0 Å². The van der Waals surface area contributed by atoms with E-state index in [0.29, 0.717) is 5.92 Å². The zero-order valence-electron chi connectivity index (χ0n) is 10.6. The lowest BCUT2D eigenvalue weighted by atomic mass is 10.2. The van der Waals surface area contributed by atoms with Crippen LogP contribution in [0, 0.1) is 0 Å². The van der Waals surface area contributed by atoms with Gasteiger partial charge in [-0.15, -0.1) is 0 Å². The number of aryl methyl sites for hydroxylation is 1. The molecular weight excluding hydrogens is 202 g/mol. The maximum atomic E-state index is 10.5. The largest absolute Gasteiger partial charge is 0.347 e. The molecule has 1 aromatic heterocycles. The fraction of sp³-hybridized carbons (Fsp3) is 0.667. The first-order chi connectivity index (χ1) is 7.58. The van der Waals surface area contributed by atoms with Crippen molar-refractivity contribution in [2.45, 2.75) is 39.7 Å². The fourth-order valence-electron chi connectivity index (χ4n) is 1.55. The Bertz CT molecular complexity index is 344. The summed E-state index contributed by atoms with van der Waals surface area (Å²) in [6, 6.07) is 0. The van der Waals surface area contributed by atoms with E-state index in [2.05, 4.69) is 36.5 Å². The smallest absolute Gasteiger partial charge is 0.209 e. The van der Waals surface area contributed by atoms with Crippen molar-refractivity contribution < 1.29 is 4.79 Å². The van der Waals surface area contributed by atoms with E-state index in [1.54, 1.807) is 11.9 Å². The van der Waals surface area contributed by atoms with Crippen LogP contribution >= 0.6 is 0 Å². The van der Waals surface area contributed by atoms with Gasteiger partial charge in [-0.1, -0.05) is 20.8 Å². The van der Waals surface area contributed by atoms with Crippen LogP contribution in [-0.4, -0.2) is 34.5 Å². The van der Waals surface area contributed by atoms with E-state index in [0.717, 1.165) is 37.4 Å². The molecule has 0 aliphatic heterocycles. The number of carbonyl (C=O) groups excluding carboxylic acids is 1. The number of likely N-dealkylation sites (N-methyl/N-ethyl adjacent to an activating group) is 1. The highest BCUT2D eigenvalue weighted by Crippen LogP contribution is 2.14. The summed E-state index contributed by atoms with van der Waals surface area (Å²) in [4.78, 5) is 16.7. The van der Waals surface area contributed by atoms with Crippen LogP contribution < -0.4 is 0 Å². The molecule has 0 bridgehead atoms. The Morgan fingerprint density at radius 3 is 2.75 bits per heavy atom. The van der Waals surface area contributed by atoms with E-state index in [4.69, 9.17) is 0 Å². The zero-order chi connectivity index (χ0) is 12.1. The first-order valence-electron chi connectivity index (χ1n) is 5.80. The predicted molar refractivity (Wildman–Crippen MR) is 64.4 cm³/mol. The lowest BCUT2D eigenvalue weighted by Crippen LogP contribution is -2.21. The molecule has 16 heavy (non-hydrogen) atoms. The Morgan fingerprint density at radius 1 is 1.56 bits per heavy atom. The number of carbonyl (C=O) groups is 1. The number of rotatable bonds is 6. The maximum Gasteiger partial charge on any atom is 0.209 e. The van der Waals surface area contributed by atoms with Crippen LogP contribution in [0.4, 0.5) is 0 Å². The number of hydrogen-bond acceptors (Lipinski definition) is 2. The van der Waals surface area contributed by atoms with E-state index in [-0.39, 0.29) is 0 Å². The van der Waals surface area contributed by atoms with E-state index in [9.17, 15) is 4.79 Å². The fourth-order valence-corrected chi connectivity index (χ4v) is 1.55. The molecule has 0 saturated heterocycles. The van der Waals surface area contributed by atoms with Gasteiger partial charge in [-0.3, -0.25) is 4.79 Å². The first-order valence-corrected chi connectivity index (χ1v) is 5.80. The molecule has 1 rings (SSSR count). The maximum absolute atomic E-state index is 10.5. The highest BCUT2D eigenvalue weighted by molar-refractivity contribution is 5.46. The first kappa shape index (κ1) is 12.7. The molecule has 0 radical (unpaired) electrons. The van der Waals surface area contributed by atoms with Gasteiger partial charge < -0.3 is 9.47 Å². The predicted octanol–water partition coefficient (Wildman–Crippen LogP) is 1.66. The van der Waals surface area contributed by atoms with Crippen LogP contribution in [0.3, 0.4) is 0 Å². The molecule has 1 amide bonds. The lowest BCUT2D eigenvalue weighted by Gasteiger charge is -2.12. The second kappa shape index (κ2) is 5.68. The van der Waals surface area contributed by atoms with Gasteiger partial charge in [0.2, 0.25) is 6.41 Å². The molecule has 4 heteroatoms. The Kier molecular flexibility index (Phi) is 4.52. The summed E-state index contributed by atoms with van der Waals surface area (Å²) in [6.45, 7) is 7.93. The SMILES string of the molecule is CCc1nc(C(C)C)cn1CCN(C)C=O. The highest BCUT2D eigenvalue weighted by Gasteiger charge is 2.09. The normalized spacial score (nSPS) is 10.8. The number of hydrogen-bond donors (Lipinski definition) is 0. The number of nitrogens with zero attached hydrogens (tertiary/aromatic N) is 3. The third kappa shape index (κ3) is 3.08. The van der Waals surface area contributed by atoms with Gasteiger partial charge in [0.1, 0.15) is 5.82 Å². The summed E-state index contributed by atoms with van der Waals surface area (Å²) in [7, 11) is 1.79. The molecule has 0 aromatic carbocycles. The number of imidazole rings is 1. The molecule has 4 nitrogen and oxygen atoms in total. The average molecular weight is 223 g/mol. The van der Waals surface area contributed by atoms with Crippen molar-refractivity contribution >= 4 is 6.41 Å². The van der Waals surface area contributed by atoms with Gasteiger partial charge in [0.25, 0.3) is 0 Å². The zero-order valence-corrected chi connectivity index (χ0v) is 10.6. The number of amides is 1. The van der Waals surface area contributed by atoms with Crippen LogP contribution in [0.2, 0.25) is 0 Å². The standard InChI is InChI=1S/C12H21N3O/c1-5-12-13-11(10(2)3)8-15(12)7-6-14(4)9-16/h8-10H,5-7H2,1-4H3. The van der Waals surface area contributed by atoms with Crippen LogP contribution in [0.25, 0.3) is 0 Å². The molecule has 0 saturated carbocycles. The Labute approximate surface area is 97.3 Å². The molecule has 1 aromatic rings. The van der Waals surface area contributed by atoms with Crippen LogP contribution in [0.1, 0.15) is 38.2 Å². The third-order valence-electron chi connectivity index (χ3n) is 2.66. The molecule has 0 aliphatic rings. The van der Waals surface area contributed by atoms with Crippen molar-refractivity contribution in [2.75, 3.05) is 13.6 Å². The Balaban J connectivity index is 2.74. The van der Waals surface area contributed by atoms with Gasteiger partial charge in [-0.05, 0) is 5.92 Å². The monoisotopic (exact) mass is 223 g/mol. The minimum absolute atomic E-state index is 0.454. The molecule has 90 valence electrons. The molecule has 0 fully saturated rings. The second-order valence-corrected chi connectivity index (χ2v) is 4.37. The Hall–Kier alpha value is -1.32. The van der Waals surface area contributed by atoms with Crippen molar-refractivity contribution in [2.24, 2.45) is 0 Å². The topological polar surface area (TPSA) is 38.1 Å². The second-order valence-electron chi connectivity index (χ2n) is 4.37. The van der Waals surface area contributed by atoms with Crippen molar-refractivity contribution in [3.8, 4) is 0 Å². The molecule has 0 spiro atoms. The molecule has 0 atom stereocenters. The highest BCUT2D eigenvalue weighted by atomic mass is 16.1. The van der Waals surface area contributed by atoms with Gasteiger partial charge >= 0.3 is 0 Å². The third-order valence-corrected chi connectivity index (χ3v) is 2.66. The summed E-state index contributed by atoms with van der Waals surface area (Å²) in [5.41, 5.74) is 1.13. The van der Waals surface area contributed by atoms with E-state index < -0.39 is 0 Å². The quantitative estimate of drug-likeness (QED) is 0.688. The lowest BCUT2D eigenvalue weighted by molar-refractivity contribution is -0.117. The van der Waals surface area contributed by atoms with Gasteiger partial charge in [-0.2, -0.15) is 0 Å². The average Bonchev–Trinajstić information content (AvgIpc) is 2.69. The summed E-state index contributed by atoms with van der Waals surface area (Å²) in [5, 5.41) is 0. The minimum atomic E-state index is 0.454. The van der Waals surface area contributed by atoms with Crippen LogP contribution in [0.5, 0.6) is 0 Å². The Morgan fingerprint density at radius 2 is 2.25 bits per heavy atom. The summed E-state index contributed by atoms with van der Waals surface area (Å²) >= 11 is 0. The minimum Gasteiger partial charge on any atom is -0.347 e. The van der Waals surface area contributed by atoms with Crippen molar-refractivity contribution in [3.63, 3.8) is 0 Å². The molecule has 0 N–H and O–H groups in total. The van der Waals surface area contributed by atoms with Gasteiger partial charge in [-0.25, -0.2) is 4.98 Å². The van der Waals surface area contributed by atoms with Crippen molar-refractivity contribution in [1.29, 1.82) is 0 Å². The molecule has 0 unspecified atom stereocenters. The summed E-state index contributed by atoms with van der Waals surface area (Å²) in [6.07, 6.45) is 3.88. The van der Waals surface area contributed by atoms with Gasteiger partial charge in [0.05, 0.1) is 5.69 Å². The summed E-state index contributed by atoms with van der Waals surface area (Å²) < 4.78 is 2.15. The van der Waals surface area contributed by atoms with Gasteiger partial charge in [0, 0.05) is 32.8 Å². The van der Waals surface area contributed by atoms with Crippen LogP contribution in [-0.2, 0) is 17.8 Å². The van der Waals surface area contributed by atoms with E-state index in [1.165, 1.54) is 0 Å². The van der Waals surface area contributed by atoms with Crippen molar-refractivity contribution in [3.05, 3.63) is 17.7 Å². The number of aromatic nitrogens is 2. The molecule has 0 aliphatic carbocycles. The van der Waals surface area contributed by atoms with Crippen molar-refractivity contribution in [1.82, 2.24) is 14.5 Å². The molecule has 1 heterocycles. The van der Waals surface area contributed by atoms with Crippen LogP contribution in [0.15, 0.2) is 6.20 Å².